The fourth-order valence-corrected chi connectivity index (χ4v) is 1.70. The highest BCUT2D eigenvalue weighted by atomic mass is 35.5. The van der Waals surface area contributed by atoms with Gasteiger partial charge in [0.15, 0.2) is 0 Å². The van der Waals surface area contributed by atoms with Crippen LogP contribution in [0.1, 0.15) is 23.2 Å². The van der Waals surface area contributed by atoms with Gasteiger partial charge in [-0.1, -0.05) is 0 Å². The number of aromatic carboxylic acids is 1. The zero-order valence-corrected chi connectivity index (χ0v) is 10.1. The van der Waals surface area contributed by atoms with E-state index >= 15 is 0 Å². The molecule has 94 valence electrons. The molecule has 0 saturated carbocycles. The van der Waals surface area contributed by atoms with Crippen molar-refractivity contribution in [1.29, 1.82) is 0 Å². The second-order valence-corrected chi connectivity index (χ2v) is 3.77. The van der Waals surface area contributed by atoms with Crippen LogP contribution in [0.5, 0.6) is 5.88 Å². The van der Waals surface area contributed by atoms with Crippen LogP contribution in [0, 0.1) is 0 Å². The maximum atomic E-state index is 10.7. The number of carboxylic acid groups (broad SMARTS) is 1. The molecule has 5 nitrogen and oxygen atoms in total. The molecule has 1 saturated heterocycles. The SMILES string of the molecule is Cl.O=C(O)c1ccnc(O[C@H]2CCCNC2)c1. The average Bonchev–Trinajstić information content (AvgIpc) is 2.30. The molecule has 0 bridgehead atoms. The van der Waals surface area contributed by atoms with E-state index in [2.05, 4.69) is 10.3 Å². The molecule has 1 fully saturated rings. The Kier molecular flexibility index (Phi) is 5.18. The Labute approximate surface area is 106 Å². The first-order chi connectivity index (χ1) is 7.75. The second-order valence-electron chi connectivity index (χ2n) is 3.77. The van der Waals surface area contributed by atoms with E-state index in [-0.39, 0.29) is 24.1 Å². The predicted molar refractivity (Wildman–Crippen MR) is 65.0 cm³/mol. The van der Waals surface area contributed by atoms with E-state index in [0.717, 1.165) is 25.9 Å². The van der Waals surface area contributed by atoms with Crippen LogP contribution in [0.3, 0.4) is 0 Å². The van der Waals surface area contributed by atoms with Gasteiger partial charge in [0.05, 0.1) is 5.56 Å². The molecule has 0 unspecified atom stereocenters. The number of nitrogens with one attached hydrogen (secondary N) is 1. The molecule has 1 aliphatic heterocycles. The number of ether oxygens (including phenoxy) is 1. The van der Waals surface area contributed by atoms with Crippen LogP contribution in [0.2, 0.25) is 0 Å². The van der Waals surface area contributed by atoms with Crippen molar-refractivity contribution in [2.45, 2.75) is 18.9 Å². The van der Waals surface area contributed by atoms with Crippen LogP contribution >= 0.6 is 12.4 Å². The Hall–Kier alpha value is -1.33. The lowest BCUT2D eigenvalue weighted by Crippen LogP contribution is -2.37. The number of nitrogens with zero attached hydrogens (tertiary/aromatic N) is 1. The van der Waals surface area contributed by atoms with Gasteiger partial charge in [-0.15, -0.1) is 12.4 Å². The Bertz CT molecular complexity index is 381. The third-order valence-corrected chi connectivity index (χ3v) is 2.52. The fraction of sp³-hybridized carbons (Fsp3) is 0.455. The van der Waals surface area contributed by atoms with Gasteiger partial charge in [-0.05, 0) is 25.5 Å². The molecular weight excluding hydrogens is 244 g/mol. The maximum absolute atomic E-state index is 10.7. The molecule has 1 aromatic heterocycles. The smallest absolute Gasteiger partial charge is 0.335 e. The third kappa shape index (κ3) is 3.87. The first kappa shape index (κ1) is 13.7. The van der Waals surface area contributed by atoms with Gasteiger partial charge in [0.1, 0.15) is 6.10 Å². The van der Waals surface area contributed by atoms with E-state index in [0.29, 0.717) is 5.88 Å². The van der Waals surface area contributed by atoms with Gasteiger partial charge in [-0.25, -0.2) is 9.78 Å². The summed E-state index contributed by atoms with van der Waals surface area (Å²) < 4.78 is 5.61. The molecule has 0 radical (unpaired) electrons. The van der Waals surface area contributed by atoms with E-state index in [1.54, 1.807) is 0 Å². The largest absolute Gasteiger partial charge is 0.478 e. The van der Waals surface area contributed by atoms with Crippen molar-refractivity contribution in [1.82, 2.24) is 10.3 Å². The minimum absolute atomic E-state index is 0. The molecule has 6 heteroatoms. The Morgan fingerprint density at radius 2 is 2.41 bits per heavy atom. The Morgan fingerprint density at radius 3 is 3.06 bits per heavy atom. The second kappa shape index (κ2) is 6.42. The zero-order valence-electron chi connectivity index (χ0n) is 9.26. The minimum Gasteiger partial charge on any atom is -0.478 e. The van der Waals surface area contributed by atoms with Crippen molar-refractivity contribution in [2.75, 3.05) is 13.1 Å². The summed E-state index contributed by atoms with van der Waals surface area (Å²) in [6, 6.07) is 2.91. The van der Waals surface area contributed by atoms with Crippen molar-refractivity contribution in [3.63, 3.8) is 0 Å². The molecule has 2 rings (SSSR count). The lowest BCUT2D eigenvalue weighted by Gasteiger charge is -2.23. The minimum atomic E-state index is -0.964. The van der Waals surface area contributed by atoms with Crippen LogP contribution in [0.25, 0.3) is 0 Å². The number of carbonyl (C=O) groups is 1. The molecule has 1 atom stereocenters. The quantitative estimate of drug-likeness (QED) is 0.856. The summed E-state index contributed by atoms with van der Waals surface area (Å²) in [4.78, 5) is 14.8. The highest BCUT2D eigenvalue weighted by molar-refractivity contribution is 5.87. The fourth-order valence-electron chi connectivity index (χ4n) is 1.70. The van der Waals surface area contributed by atoms with Gasteiger partial charge in [0, 0.05) is 18.8 Å². The highest BCUT2D eigenvalue weighted by Gasteiger charge is 2.15. The number of rotatable bonds is 3. The topological polar surface area (TPSA) is 71.5 Å². The third-order valence-electron chi connectivity index (χ3n) is 2.52. The zero-order chi connectivity index (χ0) is 11.4. The van der Waals surface area contributed by atoms with Crippen molar-refractivity contribution >= 4 is 18.4 Å². The summed E-state index contributed by atoms with van der Waals surface area (Å²) in [5, 5.41) is 12.0. The Balaban J connectivity index is 0.00000144. The van der Waals surface area contributed by atoms with Crippen molar-refractivity contribution < 1.29 is 14.6 Å². The Morgan fingerprint density at radius 1 is 1.59 bits per heavy atom. The average molecular weight is 259 g/mol. The van der Waals surface area contributed by atoms with E-state index < -0.39 is 5.97 Å². The van der Waals surface area contributed by atoms with Crippen molar-refractivity contribution in [3.05, 3.63) is 23.9 Å². The van der Waals surface area contributed by atoms with Gasteiger partial charge in [-0.2, -0.15) is 0 Å². The highest BCUT2D eigenvalue weighted by Crippen LogP contribution is 2.14. The molecule has 17 heavy (non-hydrogen) atoms. The number of carboxylic acids is 1. The number of hydrogen-bond donors (Lipinski definition) is 2. The molecule has 1 aromatic rings. The van der Waals surface area contributed by atoms with Gasteiger partial charge in [0.25, 0.3) is 0 Å². The van der Waals surface area contributed by atoms with Crippen LogP contribution in [0.15, 0.2) is 18.3 Å². The first-order valence-corrected chi connectivity index (χ1v) is 5.32. The van der Waals surface area contributed by atoms with Crippen LogP contribution in [-0.4, -0.2) is 35.3 Å². The van der Waals surface area contributed by atoms with Crippen molar-refractivity contribution in [3.8, 4) is 5.88 Å². The lowest BCUT2D eigenvalue weighted by molar-refractivity contribution is 0.0695. The number of aromatic nitrogens is 1. The molecule has 2 N–H and O–H groups in total. The number of hydrogen-bond acceptors (Lipinski definition) is 4. The van der Waals surface area contributed by atoms with E-state index in [9.17, 15) is 4.79 Å². The molecule has 2 heterocycles. The molecule has 1 aliphatic rings. The van der Waals surface area contributed by atoms with Gasteiger partial charge in [-0.3, -0.25) is 0 Å². The van der Waals surface area contributed by atoms with E-state index in [1.807, 2.05) is 0 Å². The van der Waals surface area contributed by atoms with Crippen LogP contribution in [-0.2, 0) is 0 Å². The molecule has 0 spiro atoms. The number of piperidine rings is 1. The van der Waals surface area contributed by atoms with Crippen LogP contribution < -0.4 is 10.1 Å². The summed E-state index contributed by atoms with van der Waals surface area (Å²) in [6.07, 6.45) is 3.59. The molecular formula is C11H15ClN2O3. The first-order valence-electron chi connectivity index (χ1n) is 5.32. The molecule has 0 aliphatic carbocycles. The normalized spacial score (nSPS) is 19.2. The summed E-state index contributed by atoms with van der Waals surface area (Å²) in [5.41, 5.74) is 0.203. The van der Waals surface area contributed by atoms with E-state index in [4.69, 9.17) is 9.84 Å². The van der Waals surface area contributed by atoms with Gasteiger partial charge in [0.2, 0.25) is 5.88 Å². The maximum Gasteiger partial charge on any atom is 0.335 e. The molecule has 0 amide bonds. The molecule has 0 aromatic carbocycles. The summed E-state index contributed by atoms with van der Waals surface area (Å²) in [7, 11) is 0. The van der Waals surface area contributed by atoms with E-state index in [1.165, 1.54) is 18.3 Å². The summed E-state index contributed by atoms with van der Waals surface area (Å²) in [6.45, 7) is 1.81. The summed E-state index contributed by atoms with van der Waals surface area (Å²) >= 11 is 0. The van der Waals surface area contributed by atoms with Crippen LogP contribution in [0.4, 0.5) is 0 Å². The van der Waals surface area contributed by atoms with Gasteiger partial charge < -0.3 is 15.2 Å². The number of halogens is 1. The van der Waals surface area contributed by atoms with Gasteiger partial charge >= 0.3 is 5.97 Å². The van der Waals surface area contributed by atoms with Crippen molar-refractivity contribution in [2.24, 2.45) is 0 Å². The standard InChI is InChI=1S/C11H14N2O3.ClH/c14-11(15)8-3-5-13-10(6-8)16-9-2-1-4-12-7-9;/h3,5-6,9,12H,1-2,4,7H2,(H,14,15);1H/t9-;/m0./s1. The lowest BCUT2D eigenvalue weighted by atomic mass is 10.1. The monoisotopic (exact) mass is 258 g/mol. The summed E-state index contributed by atoms with van der Waals surface area (Å²) in [5.74, 6) is -0.581. The predicted octanol–water partition coefficient (Wildman–Crippen LogP) is 1.33. The number of pyridine rings is 1.